The van der Waals surface area contributed by atoms with Crippen LogP contribution in [0.1, 0.15) is 41.6 Å². The summed E-state index contributed by atoms with van der Waals surface area (Å²) in [7, 11) is 1.30. The molecule has 234 valence electrons. The number of aliphatic hydroxyl groups is 1. The summed E-state index contributed by atoms with van der Waals surface area (Å²) in [4.78, 5) is 27.8. The third-order valence-corrected chi connectivity index (χ3v) is 8.16. The molecule has 5 rings (SSSR count). The van der Waals surface area contributed by atoms with Crippen molar-refractivity contribution >= 4 is 17.7 Å². The molecule has 5 atom stereocenters. The molecule has 2 heterocycles. The van der Waals surface area contributed by atoms with E-state index in [1.54, 1.807) is 6.07 Å². The van der Waals surface area contributed by atoms with Crippen LogP contribution < -0.4 is 10.6 Å². The molecule has 2 aliphatic heterocycles. The summed E-state index contributed by atoms with van der Waals surface area (Å²) < 4.78 is 23.6. The fourth-order valence-electron chi connectivity index (χ4n) is 5.64. The lowest BCUT2D eigenvalue weighted by atomic mass is 9.90. The molecule has 2 amide bonds. The Morgan fingerprint density at radius 1 is 0.955 bits per heavy atom. The van der Waals surface area contributed by atoms with Gasteiger partial charge in [0.1, 0.15) is 6.04 Å². The minimum absolute atomic E-state index is 0.0211. The van der Waals surface area contributed by atoms with Crippen LogP contribution in [-0.2, 0) is 36.8 Å². The third-order valence-electron chi connectivity index (χ3n) is 8.16. The number of methoxy groups -OCH3 is 1. The molecule has 10 heteroatoms. The molecule has 0 aromatic heterocycles. The molecule has 2 aliphatic rings. The number of benzene rings is 3. The number of nitrogens with zero attached hydrogens (tertiary/aromatic N) is 1. The van der Waals surface area contributed by atoms with Gasteiger partial charge in [0.25, 0.3) is 0 Å². The summed E-state index contributed by atoms with van der Waals surface area (Å²) in [6.45, 7) is 5.95. The lowest BCUT2D eigenvalue weighted by Gasteiger charge is -2.43. The van der Waals surface area contributed by atoms with Crippen molar-refractivity contribution in [2.24, 2.45) is 5.92 Å². The van der Waals surface area contributed by atoms with Crippen LogP contribution in [-0.4, -0.2) is 74.1 Å². The zero-order valence-corrected chi connectivity index (χ0v) is 25.2. The predicted octanol–water partition coefficient (Wildman–Crippen LogP) is 4.21. The average Bonchev–Trinajstić information content (AvgIpc) is 3.06. The van der Waals surface area contributed by atoms with Gasteiger partial charge in [-0.2, -0.15) is 0 Å². The van der Waals surface area contributed by atoms with Crippen molar-refractivity contribution in [1.82, 2.24) is 10.2 Å². The molecule has 44 heavy (non-hydrogen) atoms. The molecule has 3 aromatic rings. The maximum Gasteiger partial charge on any atom is 0.328 e. The first-order chi connectivity index (χ1) is 21.4. The molecule has 10 nitrogen and oxygen atoms in total. The second-order valence-corrected chi connectivity index (χ2v) is 11.2. The van der Waals surface area contributed by atoms with Gasteiger partial charge >= 0.3 is 12.0 Å². The Kier molecular flexibility index (Phi) is 11.0. The second-order valence-electron chi connectivity index (χ2n) is 11.2. The highest BCUT2D eigenvalue weighted by Crippen LogP contribution is 2.42. The van der Waals surface area contributed by atoms with Crippen LogP contribution in [0.15, 0.2) is 78.9 Å². The number of ether oxygens (including phenoxy) is 4. The maximum absolute atomic E-state index is 13.0. The quantitative estimate of drug-likeness (QED) is 0.295. The molecule has 0 bridgehead atoms. The first-order valence-electron chi connectivity index (χ1n) is 15.0. The van der Waals surface area contributed by atoms with E-state index in [1.165, 1.54) is 7.11 Å². The van der Waals surface area contributed by atoms with Crippen molar-refractivity contribution in [3.63, 3.8) is 0 Å². The van der Waals surface area contributed by atoms with Gasteiger partial charge in [-0.25, -0.2) is 9.59 Å². The monoisotopic (exact) mass is 603 g/mol. The fourth-order valence-corrected chi connectivity index (χ4v) is 5.64. The fraction of sp³-hybridized carbons (Fsp3) is 0.412. The Morgan fingerprint density at radius 2 is 1.70 bits per heavy atom. The van der Waals surface area contributed by atoms with Crippen LogP contribution in [0.4, 0.5) is 10.5 Å². The average molecular weight is 604 g/mol. The number of esters is 1. The molecule has 0 unspecified atom stereocenters. The van der Waals surface area contributed by atoms with E-state index >= 15 is 0 Å². The van der Waals surface area contributed by atoms with Crippen LogP contribution in [0.2, 0.25) is 0 Å². The van der Waals surface area contributed by atoms with E-state index in [0.29, 0.717) is 25.3 Å². The highest BCUT2D eigenvalue weighted by Gasteiger charge is 2.39. The normalized spacial score (nSPS) is 23.0. The Hall–Kier alpha value is -3.80. The zero-order valence-electron chi connectivity index (χ0n) is 25.2. The number of morpholine rings is 1. The molecular weight excluding hydrogens is 562 g/mol. The van der Waals surface area contributed by atoms with E-state index in [-0.39, 0.29) is 24.7 Å². The van der Waals surface area contributed by atoms with Gasteiger partial charge in [0, 0.05) is 43.2 Å². The number of carbonyl (C=O) groups excluding carboxylic acids is 2. The summed E-state index contributed by atoms with van der Waals surface area (Å²) in [5.41, 5.74) is 4.04. The SMILES string of the molecule is COC(=O)[C@H](Cc1ccccc1)NC(=O)Nc1cccc([C@H]2O[C@@H](CN3CCOCC3)[C@@H](C)[C@@H](c3ccc(CO)cc3)O2)c1. The van der Waals surface area contributed by atoms with Crippen molar-refractivity contribution in [2.75, 3.05) is 45.3 Å². The van der Waals surface area contributed by atoms with Crippen LogP contribution in [0.25, 0.3) is 0 Å². The maximum atomic E-state index is 13.0. The summed E-state index contributed by atoms with van der Waals surface area (Å²) >= 11 is 0. The predicted molar refractivity (Wildman–Crippen MR) is 165 cm³/mol. The molecule has 0 saturated carbocycles. The zero-order chi connectivity index (χ0) is 30.9. The van der Waals surface area contributed by atoms with Gasteiger partial charge < -0.3 is 34.7 Å². The van der Waals surface area contributed by atoms with E-state index in [4.69, 9.17) is 18.9 Å². The van der Waals surface area contributed by atoms with Gasteiger partial charge in [0.15, 0.2) is 6.29 Å². The van der Waals surface area contributed by atoms with Gasteiger partial charge in [-0.05, 0) is 28.8 Å². The summed E-state index contributed by atoms with van der Waals surface area (Å²) in [6, 6.07) is 23.2. The molecular formula is C34H41N3O7. The standard InChI is InChI=1S/C34H41N3O7/c1-23-30(21-37-15-17-42-18-16-37)43-33(44-31(23)26-13-11-25(22-38)12-14-26)27-9-6-10-28(20-27)35-34(40)36-29(32(39)41-2)19-24-7-4-3-5-8-24/h3-14,20,23,29-31,33,38H,15-19,21-22H2,1-2H3,(H2,35,36,40)/t23-,29+,30+,31+,33+/m1/s1. The topological polar surface area (TPSA) is 119 Å². The van der Waals surface area contributed by atoms with Crippen molar-refractivity contribution < 1.29 is 33.6 Å². The van der Waals surface area contributed by atoms with Crippen molar-refractivity contribution in [1.29, 1.82) is 0 Å². The Labute approximate surface area is 258 Å². The molecule has 0 radical (unpaired) electrons. The van der Waals surface area contributed by atoms with Crippen LogP contribution in [0, 0.1) is 5.92 Å². The molecule has 0 spiro atoms. The highest BCUT2D eigenvalue weighted by molar-refractivity contribution is 5.92. The number of aliphatic hydroxyl groups excluding tert-OH is 1. The van der Waals surface area contributed by atoms with Crippen LogP contribution >= 0.6 is 0 Å². The van der Waals surface area contributed by atoms with Gasteiger partial charge in [-0.1, -0.05) is 73.7 Å². The van der Waals surface area contributed by atoms with Crippen LogP contribution in [0.3, 0.4) is 0 Å². The highest BCUT2D eigenvalue weighted by atomic mass is 16.7. The number of hydrogen-bond acceptors (Lipinski definition) is 8. The van der Waals surface area contributed by atoms with E-state index < -0.39 is 24.3 Å². The molecule has 2 fully saturated rings. The van der Waals surface area contributed by atoms with Gasteiger partial charge in [0.2, 0.25) is 0 Å². The Balaban J connectivity index is 1.31. The minimum Gasteiger partial charge on any atom is -0.467 e. The number of urea groups is 1. The van der Waals surface area contributed by atoms with E-state index in [9.17, 15) is 14.7 Å². The lowest BCUT2D eigenvalue weighted by Crippen LogP contribution is -2.47. The number of rotatable bonds is 10. The smallest absolute Gasteiger partial charge is 0.328 e. The lowest BCUT2D eigenvalue weighted by molar-refractivity contribution is -0.277. The van der Waals surface area contributed by atoms with Crippen LogP contribution in [0.5, 0.6) is 0 Å². The minimum atomic E-state index is -0.851. The number of carbonyl (C=O) groups is 2. The van der Waals surface area contributed by atoms with E-state index in [1.807, 2.05) is 72.8 Å². The van der Waals surface area contributed by atoms with Crippen molar-refractivity contribution in [3.8, 4) is 0 Å². The second kappa shape index (κ2) is 15.3. The van der Waals surface area contributed by atoms with Gasteiger partial charge in [0.05, 0.1) is 39.1 Å². The molecule has 0 aliphatic carbocycles. The Morgan fingerprint density at radius 3 is 2.41 bits per heavy atom. The molecule has 3 aromatic carbocycles. The number of amides is 2. The first kappa shape index (κ1) is 31.6. The molecule has 2 saturated heterocycles. The van der Waals surface area contributed by atoms with E-state index in [2.05, 4.69) is 22.5 Å². The van der Waals surface area contributed by atoms with E-state index in [0.717, 1.165) is 41.9 Å². The third kappa shape index (κ3) is 8.22. The van der Waals surface area contributed by atoms with Crippen molar-refractivity contribution in [2.45, 2.75) is 44.5 Å². The van der Waals surface area contributed by atoms with Crippen molar-refractivity contribution in [3.05, 3.63) is 101 Å². The van der Waals surface area contributed by atoms with Gasteiger partial charge in [-0.15, -0.1) is 0 Å². The summed E-state index contributed by atoms with van der Waals surface area (Å²) in [5.74, 6) is -0.471. The number of anilines is 1. The number of nitrogens with one attached hydrogen (secondary N) is 2. The largest absolute Gasteiger partial charge is 0.467 e. The number of hydrogen-bond donors (Lipinski definition) is 3. The van der Waals surface area contributed by atoms with Gasteiger partial charge in [-0.3, -0.25) is 4.90 Å². The Bertz CT molecular complexity index is 1360. The summed E-state index contributed by atoms with van der Waals surface area (Å²) in [6.07, 6.45) is -0.738. The first-order valence-corrected chi connectivity index (χ1v) is 15.0. The molecule has 3 N–H and O–H groups in total. The summed E-state index contributed by atoms with van der Waals surface area (Å²) in [5, 5.41) is 15.1.